The van der Waals surface area contributed by atoms with Gasteiger partial charge >= 0.3 is 0 Å². The highest BCUT2D eigenvalue weighted by atomic mass is 32.1. The second-order valence-corrected chi connectivity index (χ2v) is 10.5. The normalized spacial score (nSPS) is 16.6. The summed E-state index contributed by atoms with van der Waals surface area (Å²) in [7, 11) is 4.10. The second-order valence-electron chi connectivity index (χ2n) is 10.1. The molecule has 1 fully saturated rings. The summed E-state index contributed by atoms with van der Waals surface area (Å²) < 4.78 is 8.40. The molecule has 1 aliphatic rings. The van der Waals surface area contributed by atoms with Gasteiger partial charge in [-0.2, -0.15) is 0 Å². The minimum atomic E-state index is -0.133. The van der Waals surface area contributed by atoms with Gasteiger partial charge in [0, 0.05) is 49.2 Å². The predicted octanol–water partition coefficient (Wildman–Crippen LogP) is 7.22. The Hall–Kier alpha value is -4.62. The lowest BCUT2D eigenvalue weighted by Gasteiger charge is -2.29. The Morgan fingerprint density at radius 2 is 1.55 bits per heavy atom. The number of hydrogen-bond donors (Lipinski definition) is 1. The third-order valence-corrected chi connectivity index (χ3v) is 7.58. The van der Waals surface area contributed by atoms with Crippen molar-refractivity contribution in [1.82, 2.24) is 14.9 Å². The van der Waals surface area contributed by atoms with Gasteiger partial charge in [0.1, 0.15) is 17.5 Å². The topological polar surface area (TPSA) is 45.6 Å². The standard InChI is InChI=1S/C33H31N5OS/c1-23-9-4-5-12-30(23)39-27-19-17-26(18-20-27)38-32(31(35-33(38)40)28-10-6-7-21-34-28)29-11-8-22-37(29)25-15-13-24(14-16-25)36(2)3/h4-22,31-32H,1-3H3,(H,35,40)/t31-,32-/m0/s1. The number of rotatable bonds is 7. The van der Waals surface area contributed by atoms with Crippen molar-refractivity contribution in [2.45, 2.75) is 19.0 Å². The van der Waals surface area contributed by atoms with Gasteiger partial charge in [-0.25, -0.2) is 0 Å². The highest BCUT2D eigenvalue weighted by molar-refractivity contribution is 7.80. The second kappa shape index (κ2) is 10.9. The Balaban J connectivity index is 1.39. The molecule has 0 bridgehead atoms. The molecule has 0 amide bonds. The summed E-state index contributed by atoms with van der Waals surface area (Å²) in [6.07, 6.45) is 3.94. The van der Waals surface area contributed by atoms with E-state index < -0.39 is 0 Å². The molecule has 0 aliphatic carbocycles. The molecule has 1 aliphatic heterocycles. The van der Waals surface area contributed by atoms with Crippen molar-refractivity contribution in [2.24, 2.45) is 0 Å². The highest BCUT2D eigenvalue weighted by Gasteiger charge is 2.42. The van der Waals surface area contributed by atoms with Crippen molar-refractivity contribution >= 4 is 28.7 Å². The summed E-state index contributed by atoms with van der Waals surface area (Å²) in [6, 6.07) is 34.7. The number of para-hydroxylation sites is 1. The molecule has 3 heterocycles. The van der Waals surface area contributed by atoms with Gasteiger partial charge in [0.25, 0.3) is 0 Å². The molecule has 0 radical (unpaired) electrons. The zero-order valence-electron chi connectivity index (χ0n) is 22.7. The lowest BCUT2D eigenvalue weighted by molar-refractivity contribution is 0.479. The van der Waals surface area contributed by atoms with Crippen LogP contribution in [-0.4, -0.2) is 28.8 Å². The van der Waals surface area contributed by atoms with Crippen LogP contribution in [0.25, 0.3) is 5.69 Å². The van der Waals surface area contributed by atoms with E-state index >= 15 is 0 Å². The van der Waals surface area contributed by atoms with Crippen LogP contribution in [0, 0.1) is 6.92 Å². The lowest BCUT2D eigenvalue weighted by Crippen LogP contribution is -2.30. The van der Waals surface area contributed by atoms with Crippen molar-refractivity contribution in [3.05, 3.63) is 132 Å². The number of aromatic nitrogens is 2. The molecule has 40 heavy (non-hydrogen) atoms. The summed E-state index contributed by atoms with van der Waals surface area (Å²) in [4.78, 5) is 8.99. The van der Waals surface area contributed by atoms with Gasteiger partial charge in [-0.3, -0.25) is 4.98 Å². The molecule has 5 aromatic rings. The molecule has 0 saturated carbocycles. The van der Waals surface area contributed by atoms with Crippen LogP contribution in [-0.2, 0) is 0 Å². The van der Waals surface area contributed by atoms with E-state index in [1.54, 1.807) is 0 Å². The Morgan fingerprint density at radius 1 is 0.825 bits per heavy atom. The van der Waals surface area contributed by atoms with Crippen molar-refractivity contribution < 1.29 is 4.74 Å². The van der Waals surface area contributed by atoms with E-state index in [2.05, 4.69) is 80.5 Å². The third-order valence-electron chi connectivity index (χ3n) is 7.26. The number of benzene rings is 3. The van der Waals surface area contributed by atoms with Crippen LogP contribution in [0.3, 0.4) is 0 Å². The Kier molecular flexibility index (Phi) is 6.97. The van der Waals surface area contributed by atoms with Crippen LogP contribution in [0.5, 0.6) is 11.5 Å². The van der Waals surface area contributed by atoms with Crippen LogP contribution in [0.1, 0.15) is 29.0 Å². The monoisotopic (exact) mass is 545 g/mol. The first-order valence-corrected chi connectivity index (χ1v) is 13.7. The smallest absolute Gasteiger partial charge is 0.174 e. The molecule has 6 nitrogen and oxygen atoms in total. The van der Waals surface area contributed by atoms with E-state index in [-0.39, 0.29) is 12.1 Å². The average Bonchev–Trinajstić information content (AvgIpc) is 3.59. The Bertz CT molecular complexity index is 1610. The number of ether oxygens (including phenoxy) is 1. The fourth-order valence-corrected chi connectivity index (χ4v) is 5.53. The summed E-state index contributed by atoms with van der Waals surface area (Å²) in [5, 5.41) is 4.22. The SMILES string of the molecule is Cc1ccccc1Oc1ccc(N2C(=S)N[C@@H](c3ccccn3)[C@@H]2c2cccn2-c2ccc(N(C)C)cc2)cc1. The Labute approximate surface area is 240 Å². The fraction of sp³-hybridized carbons (Fsp3) is 0.152. The van der Waals surface area contributed by atoms with Gasteiger partial charge < -0.3 is 24.4 Å². The van der Waals surface area contributed by atoms with Crippen LogP contribution in [0.2, 0.25) is 0 Å². The lowest BCUT2D eigenvalue weighted by atomic mass is 10.0. The summed E-state index contributed by atoms with van der Waals surface area (Å²) in [5.41, 5.74) is 6.36. The molecule has 2 aromatic heterocycles. The summed E-state index contributed by atoms with van der Waals surface area (Å²) in [6.45, 7) is 2.05. The van der Waals surface area contributed by atoms with Crippen LogP contribution < -0.4 is 19.9 Å². The highest BCUT2D eigenvalue weighted by Crippen LogP contribution is 2.42. The zero-order chi connectivity index (χ0) is 27.6. The third kappa shape index (κ3) is 4.92. The minimum absolute atomic E-state index is 0.130. The molecule has 2 atom stereocenters. The van der Waals surface area contributed by atoms with Crippen LogP contribution >= 0.6 is 12.2 Å². The molecule has 1 N–H and O–H groups in total. The van der Waals surface area contributed by atoms with Gasteiger partial charge in [0.15, 0.2) is 5.11 Å². The first-order chi connectivity index (χ1) is 19.5. The molecule has 3 aromatic carbocycles. The molecular weight excluding hydrogens is 514 g/mol. The fourth-order valence-electron chi connectivity index (χ4n) is 5.19. The number of pyridine rings is 1. The first-order valence-electron chi connectivity index (χ1n) is 13.3. The number of anilines is 2. The van der Waals surface area contributed by atoms with E-state index in [0.29, 0.717) is 5.11 Å². The predicted molar refractivity (Wildman–Crippen MR) is 166 cm³/mol. The molecule has 0 unspecified atom stereocenters. The van der Waals surface area contributed by atoms with E-state index in [1.165, 1.54) is 0 Å². The molecule has 6 rings (SSSR count). The summed E-state index contributed by atoms with van der Waals surface area (Å²) in [5.74, 6) is 1.62. The summed E-state index contributed by atoms with van der Waals surface area (Å²) >= 11 is 5.95. The number of nitrogens with one attached hydrogen (secondary N) is 1. The van der Waals surface area contributed by atoms with E-state index in [1.807, 2.05) is 75.7 Å². The van der Waals surface area contributed by atoms with Crippen LogP contribution in [0.15, 0.2) is 116 Å². The van der Waals surface area contributed by atoms with Crippen molar-refractivity contribution in [3.63, 3.8) is 0 Å². The maximum atomic E-state index is 6.16. The average molecular weight is 546 g/mol. The van der Waals surface area contributed by atoms with Crippen molar-refractivity contribution in [1.29, 1.82) is 0 Å². The Morgan fingerprint density at radius 3 is 2.25 bits per heavy atom. The molecule has 200 valence electrons. The molecule has 7 heteroatoms. The zero-order valence-corrected chi connectivity index (χ0v) is 23.5. The van der Waals surface area contributed by atoms with Gasteiger partial charge in [0.2, 0.25) is 0 Å². The minimum Gasteiger partial charge on any atom is -0.457 e. The number of nitrogens with zero attached hydrogens (tertiary/aromatic N) is 4. The quantitative estimate of drug-likeness (QED) is 0.218. The van der Waals surface area contributed by atoms with E-state index in [9.17, 15) is 0 Å². The van der Waals surface area contributed by atoms with Crippen molar-refractivity contribution in [3.8, 4) is 17.2 Å². The largest absolute Gasteiger partial charge is 0.457 e. The van der Waals surface area contributed by atoms with Gasteiger partial charge in [-0.05, 0) is 104 Å². The van der Waals surface area contributed by atoms with Crippen molar-refractivity contribution in [2.75, 3.05) is 23.9 Å². The maximum absolute atomic E-state index is 6.16. The molecule has 0 spiro atoms. The van der Waals surface area contributed by atoms with Crippen LogP contribution in [0.4, 0.5) is 11.4 Å². The van der Waals surface area contributed by atoms with E-state index in [0.717, 1.165) is 45.5 Å². The van der Waals surface area contributed by atoms with E-state index in [4.69, 9.17) is 21.9 Å². The number of aryl methyl sites for hydroxylation is 1. The first kappa shape index (κ1) is 25.6. The maximum Gasteiger partial charge on any atom is 0.174 e. The number of hydrogen-bond acceptors (Lipinski definition) is 4. The van der Waals surface area contributed by atoms with Gasteiger partial charge in [-0.1, -0.05) is 24.3 Å². The molecule has 1 saturated heterocycles. The number of thiocarbonyl (C=S) groups is 1. The van der Waals surface area contributed by atoms with Gasteiger partial charge in [0.05, 0.1) is 11.7 Å². The molecular formula is C33H31N5OS. The van der Waals surface area contributed by atoms with Gasteiger partial charge in [-0.15, -0.1) is 0 Å².